The number of piperidine rings is 1. The van der Waals surface area contributed by atoms with Gasteiger partial charge in [0.05, 0.1) is 5.92 Å². The Labute approximate surface area is 147 Å². The molecule has 2 aromatic rings. The van der Waals surface area contributed by atoms with Gasteiger partial charge in [0, 0.05) is 30.9 Å². The maximum Gasteiger partial charge on any atom is 0.229 e. The average Bonchev–Trinajstić information content (AvgIpc) is 3.21. The standard InChI is InChI=1S/C19H23N3O3/c1-13(14-4-5-17-18(11-14)25-10-9-24-17)19(23)22-8-2-3-15(12-22)16-6-7-20-21-16/h4-7,11,13,15H,2-3,8-10,12H2,1H3,(H,20,21)/t13-,15+/m1/s1. The Hall–Kier alpha value is -2.50. The number of benzene rings is 1. The third-order valence-electron chi connectivity index (χ3n) is 5.13. The Morgan fingerprint density at radius 3 is 2.92 bits per heavy atom. The molecule has 2 aliphatic heterocycles. The van der Waals surface area contributed by atoms with Crippen molar-refractivity contribution in [3.8, 4) is 11.5 Å². The first-order valence-electron chi connectivity index (χ1n) is 8.90. The lowest BCUT2D eigenvalue weighted by molar-refractivity contribution is -0.133. The van der Waals surface area contributed by atoms with Crippen LogP contribution in [0.1, 0.15) is 42.9 Å². The second-order valence-corrected chi connectivity index (χ2v) is 6.76. The van der Waals surface area contributed by atoms with Gasteiger partial charge in [0.1, 0.15) is 13.2 Å². The molecule has 2 atom stereocenters. The van der Waals surface area contributed by atoms with Gasteiger partial charge in [-0.2, -0.15) is 5.10 Å². The third-order valence-corrected chi connectivity index (χ3v) is 5.13. The molecular formula is C19H23N3O3. The molecule has 0 saturated carbocycles. The molecule has 4 rings (SSSR count). The number of fused-ring (bicyclic) bond motifs is 1. The van der Waals surface area contributed by atoms with E-state index >= 15 is 0 Å². The zero-order chi connectivity index (χ0) is 17.2. The SMILES string of the molecule is C[C@@H](C(=O)N1CCC[C@H](c2ccn[nH]2)C1)c1ccc2c(c1)OCCO2. The van der Waals surface area contributed by atoms with E-state index in [4.69, 9.17) is 9.47 Å². The number of H-pyrrole nitrogens is 1. The summed E-state index contributed by atoms with van der Waals surface area (Å²) in [6.45, 7) is 4.65. The van der Waals surface area contributed by atoms with Crippen LogP contribution in [0.25, 0.3) is 0 Å². The Morgan fingerprint density at radius 2 is 2.12 bits per heavy atom. The normalized spacial score (nSPS) is 21.0. The van der Waals surface area contributed by atoms with Crippen LogP contribution in [0.15, 0.2) is 30.5 Å². The number of hydrogen-bond acceptors (Lipinski definition) is 4. The fraction of sp³-hybridized carbons (Fsp3) is 0.474. The van der Waals surface area contributed by atoms with Crippen LogP contribution < -0.4 is 9.47 Å². The van der Waals surface area contributed by atoms with Crippen molar-refractivity contribution in [2.24, 2.45) is 0 Å². The first kappa shape index (κ1) is 16.0. The first-order valence-corrected chi connectivity index (χ1v) is 8.90. The number of carbonyl (C=O) groups is 1. The van der Waals surface area contributed by atoms with Crippen molar-refractivity contribution < 1.29 is 14.3 Å². The highest BCUT2D eigenvalue weighted by Crippen LogP contribution is 2.34. The van der Waals surface area contributed by atoms with Gasteiger partial charge >= 0.3 is 0 Å². The molecule has 1 fully saturated rings. The van der Waals surface area contributed by atoms with Gasteiger partial charge in [0.2, 0.25) is 5.91 Å². The van der Waals surface area contributed by atoms with Gasteiger partial charge < -0.3 is 14.4 Å². The summed E-state index contributed by atoms with van der Waals surface area (Å²) in [5, 5.41) is 7.08. The number of ether oxygens (including phenoxy) is 2. The summed E-state index contributed by atoms with van der Waals surface area (Å²) in [4.78, 5) is 15.0. The summed E-state index contributed by atoms with van der Waals surface area (Å²) in [5.74, 6) is 1.80. The number of likely N-dealkylation sites (tertiary alicyclic amines) is 1. The number of rotatable bonds is 3. The molecule has 25 heavy (non-hydrogen) atoms. The molecule has 6 heteroatoms. The van der Waals surface area contributed by atoms with E-state index in [1.165, 1.54) is 0 Å². The summed E-state index contributed by atoms with van der Waals surface area (Å²) in [6.07, 6.45) is 3.88. The number of nitrogens with one attached hydrogen (secondary N) is 1. The topological polar surface area (TPSA) is 67.5 Å². The first-order chi connectivity index (χ1) is 12.2. The van der Waals surface area contributed by atoms with Crippen LogP contribution in [-0.4, -0.2) is 47.3 Å². The van der Waals surface area contributed by atoms with Crippen molar-refractivity contribution in [2.75, 3.05) is 26.3 Å². The largest absolute Gasteiger partial charge is 0.486 e. The number of aromatic amines is 1. The van der Waals surface area contributed by atoms with E-state index < -0.39 is 0 Å². The molecule has 1 N–H and O–H groups in total. The fourth-order valence-electron chi connectivity index (χ4n) is 3.67. The lowest BCUT2D eigenvalue weighted by atomic mass is 9.92. The van der Waals surface area contributed by atoms with E-state index in [9.17, 15) is 4.79 Å². The van der Waals surface area contributed by atoms with Crippen LogP contribution in [0.4, 0.5) is 0 Å². The monoisotopic (exact) mass is 341 g/mol. The Bertz CT molecular complexity index is 744. The Balaban J connectivity index is 1.48. The summed E-state index contributed by atoms with van der Waals surface area (Å²) in [5.41, 5.74) is 2.09. The number of carbonyl (C=O) groups excluding carboxylic acids is 1. The van der Waals surface area contributed by atoms with Crippen LogP contribution >= 0.6 is 0 Å². The third kappa shape index (κ3) is 3.21. The minimum atomic E-state index is -0.198. The summed E-state index contributed by atoms with van der Waals surface area (Å²) >= 11 is 0. The molecule has 1 saturated heterocycles. The molecule has 1 aromatic heterocycles. The second kappa shape index (κ2) is 6.78. The van der Waals surface area contributed by atoms with Crippen molar-refractivity contribution >= 4 is 5.91 Å². The highest BCUT2D eigenvalue weighted by atomic mass is 16.6. The van der Waals surface area contributed by atoms with Crippen LogP contribution in [0, 0.1) is 0 Å². The Morgan fingerprint density at radius 1 is 1.28 bits per heavy atom. The molecule has 0 radical (unpaired) electrons. The number of amides is 1. The molecule has 1 amide bonds. The van der Waals surface area contributed by atoms with Crippen LogP contribution in [0.3, 0.4) is 0 Å². The van der Waals surface area contributed by atoms with Gasteiger partial charge in [0.15, 0.2) is 11.5 Å². The quantitative estimate of drug-likeness (QED) is 0.932. The van der Waals surface area contributed by atoms with Crippen LogP contribution in [0.2, 0.25) is 0 Å². The van der Waals surface area contributed by atoms with Crippen molar-refractivity contribution in [3.63, 3.8) is 0 Å². The molecule has 0 spiro atoms. The minimum absolute atomic E-state index is 0.167. The minimum Gasteiger partial charge on any atom is -0.486 e. The van der Waals surface area contributed by atoms with Gasteiger partial charge in [0.25, 0.3) is 0 Å². The molecular weight excluding hydrogens is 318 g/mol. The summed E-state index contributed by atoms with van der Waals surface area (Å²) in [7, 11) is 0. The number of nitrogens with zero attached hydrogens (tertiary/aromatic N) is 2. The molecule has 0 bridgehead atoms. The molecule has 2 aliphatic rings. The zero-order valence-electron chi connectivity index (χ0n) is 14.4. The fourth-order valence-corrected chi connectivity index (χ4v) is 3.67. The molecule has 132 valence electrons. The molecule has 6 nitrogen and oxygen atoms in total. The van der Waals surface area contributed by atoms with Crippen molar-refractivity contribution in [2.45, 2.75) is 31.6 Å². The van der Waals surface area contributed by atoms with Crippen LogP contribution in [-0.2, 0) is 4.79 Å². The van der Waals surface area contributed by atoms with Crippen molar-refractivity contribution in [1.29, 1.82) is 0 Å². The highest BCUT2D eigenvalue weighted by molar-refractivity contribution is 5.83. The predicted octanol–water partition coefficient (Wildman–Crippen LogP) is 2.69. The maximum absolute atomic E-state index is 13.0. The van der Waals surface area contributed by atoms with E-state index in [0.29, 0.717) is 19.1 Å². The van der Waals surface area contributed by atoms with Gasteiger partial charge in [-0.25, -0.2) is 0 Å². The zero-order valence-corrected chi connectivity index (χ0v) is 14.4. The second-order valence-electron chi connectivity index (χ2n) is 6.76. The van der Waals surface area contributed by atoms with E-state index in [-0.39, 0.29) is 11.8 Å². The highest BCUT2D eigenvalue weighted by Gasteiger charge is 2.29. The molecule has 0 unspecified atom stereocenters. The van der Waals surface area contributed by atoms with Crippen molar-refractivity contribution in [3.05, 3.63) is 41.7 Å². The number of hydrogen-bond donors (Lipinski definition) is 1. The summed E-state index contributed by atoms with van der Waals surface area (Å²) in [6, 6.07) is 7.81. The van der Waals surface area contributed by atoms with Gasteiger partial charge in [-0.15, -0.1) is 0 Å². The predicted molar refractivity (Wildman–Crippen MR) is 93.0 cm³/mol. The average molecular weight is 341 g/mol. The van der Waals surface area contributed by atoms with E-state index in [1.807, 2.05) is 36.1 Å². The van der Waals surface area contributed by atoms with E-state index in [1.54, 1.807) is 6.20 Å². The van der Waals surface area contributed by atoms with E-state index in [2.05, 4.69) is 10.2 Å². The lowest BCUT2D eigenvalue weighted by Gasteiger charge is -2.34. The molecule has 1 aromatic carbocycles. The Kier molecular flexibility index (Phi) is 4.34. The van der Waals surface area contributed by atoms with Gasteiger partial charge in [-0.1, -0.05) is 6.07 Å². The number of aromatic nitrogens is 2. The van der Waals surface area contributed by atoms with Gasteiger partial charge in [-0.05, 0) is 43.5 Å². The van der Waals surface area contributed by atoms with E-state index in [0.717, 1.165) is 48.7 Å². The molecule has 0 aliphatic carbocycles. The van der Waals surface area contributed by atoms with Crippen molar-refractivity contribution in [1.82, 2.24) is 15.1 Å². The van der Waals surface area contributed by atoms with Crippen LogP contribution in [0.5, 0.6) is 11.5 Å². The lowest BCUT2D eigenvalue weighted by Crippen LogP contribution is -2.41. The van der Waals surface area contributed by atoms with Gasteiger partial charge in [-0.3, -0.25) is 9.89 Å². The molecule has 3 heterocycles. The smallest absolute Gasteiger partial charge is 0.229 e. The summed E-state index contributed by atoms with van der Waals surface area (Å²) < 4.78 is 11.2. The maximum atomic E-state index is 13.0.